The van der Waals surface area contributed by atoms with Gasteiger partial charge in [0.2, 0.25) is 0 Å². The summed E-state index contributed by atoms with van der Waals surface area (Å²) in [4.78, 5) is 3.43. The van der Waals surface area contributed by atoms with Crippen LogP contribution in [0.15, 0.2) is 0 Å². The van der Waals surface area contributed by atoms with Crippen molar-refractivity contribution < 1.29 is 4.74 Å². The van der Waals surface area contributed by atoms with Crippen LogP contribution in [-0.4, -0.2) is 45.7 Å². The number of nitrogens with zero attached hydrogens (tertiary/aromatic N) is 1. The molecule has 12 rings (SSSR count). The van der Waals surface area contributed by atoms with Gasteiger partial charge < -0.3 is 4.74 Å². The lowest BCUT2D eigenvalue weighted by Gasteiger charge is -2.55. The van der Waals surface area contributed by atoms with Gasteiger partial charge in [-0.25, -0.2) is 0 Å². The molecule has 0 aromatic heterocycles. The highest BCUT2D eigenvalue weighted by atomic mass is 32.2. The molecule has 2 aliphatic heterocycles. The van der Waals surface area contributed by atoms with Gasteiger partial charge in [-0.2, -0.15) is 11.8 Å². The Bertz CT molecular complexity index is 1260. The first-order valence-corrected chi connectivity index (χ1v) is 25.8. The number of ether oxygens (including phenoxy) is 1. The summed E-state index contributed by atoms with van der Waals surface area (Å²) in [5.41, 5.74) is 0.739. The van der Waals surface area contributed by atoms with Gasteiger partial charge in [0.15, 0.2) is 0 Å². The van der Waals surface area contributed by atoms with Crippen molar-refractivity contribution in [1.29, 1.82) is 0 Å². The summed E-state index contributed by atoms with van der Waals surface area (Å²) in [6.45, 7) is 0. The number of hydrogen-bond acceptors (Lipinski definition) is 3. The lowest BCUT2D eigenvalue weighted by atomic mass is 9.52. The third-order valence-electron chi connectivity index (χ3n) is 21.1. The normalized spacial score (nSPS) is 56.9. The third kappa shape index (κ3) is 5.00. The highest BCUT2D eigenvalue weighted by Gasteiger charge is 2.72. The minimum atomic E-state index is 0.562. The second kappa shape index (κ2) is 13.7. The summed E-state index contributed by atoms with van der Waals surface area (Å²) in [6, 6.07) is 2.45. The molecule has 0 amide bonds. The van der Waals surface area contributed by atoms with Crippen LogP contribution in [0.25, 0.3) is 0 Å². The van der Waals surface area contributed by atoms with Crippen LogP contribution >= 0.6 is 11.8 Å². The van der Waals surface area contributed by atoms with E-state index in [2.05, 4.69) is 16.7 Å². The molecule has 2 saturated heterocycles. The Balaban J connectivity index is 0.892. The van der Waals surface area contributed by atoms with Crippen molar-refractivity contribution in [2.75, 3.05) is 0 Å². The van der Waals surface area contributed by atoms with E-state index in [1.807, 2.05) is 0 Å². The molecule has 18 atom stereocenters. The van der Waals surface area contributed by atoms with Gasteiger partial charge in [0.1, 0.15) is 0 Å². The van der Waals surface area contributed by atoms with Gasteiger partial charge in [0.05, 0.1) is 12.2 Å². The SMILES string of the molecule is C1CCC(N(C2CCC3C4CCCCC4C4(C5CCCCC5C5CCCCC54)C3C2)C2CCCC3C4CCC5SC6CCCCC6C5C4OC32)CC1. The molecule has 0 aromatic rings. The van der Waals surface area contributed by atoms with Crippen LogP contribution < -0.4 is 0 Å². The van der Waals surface area contributed by atoms with Gasteiger partial charge in [-0.05, 0) is 180 Å². The van der Waals surface area contributed by atoms with E-state index in [-0.39, 0.29) is 0 Å². The molecule has 12 fully saturated rings. The van der Waals surface area contributed by atoms with Gasteiger partial charge in [0, 0.05) is 34.5 Å². The van der Waals surface area contributed by atoms with Crippen molar-refractivity contribution in [2.45, 2.75) is 227 Å². The molecule has 0 bridgehead atoms. The Morgan fingerprint density at radius 2 is 0.942 bits per heavy atom. The molecular weight excluding hydrogens is 651 g/mol. The zero-order chi connectivity index (χ0) is 34.0. The fourth-order valence-corrected chi connectivity index (χ4v) is 22.2. The smallest absolute Gasteiger partial charge is 0.0766 e. The summed E-state index contributed by atoms with van der Waals surface area (Å²) >= 11 is 2.46. The van der Waals surface area contributed by atoms with E-state index < -0.39 is 0 Å². The zero-order valence-electron chi connectivity index (χ0n) is 33.2. The monoisotopic (exact) mass is 728 g/mol. The van der Waals surface area contributed by atoms with Gasteiger partial charge in [-0.3, -0.25) is 4.90 Å². The molecular formula is C49H77NOS. The van der Waals surface area contributed by atoms with Crippen molar-refractivity contribution in [2.24, 2.45) is 76.4 Å². The molecule has 2 nitrogen and oxygen atoms in total. The largest absolute Gasteiger partial charge is 0.372 e. The van der Waals surface area contributed by atoms with Crippen LogP contribution in [0.3, 0.4) is 0 Å². The van der Waals surface area contributed by atoms with Crippen LogP contribution in [0.2, 0.25) is 0 Å². The van der Waals surface area contributed by atoms with Gasteiger partial charge in [-0.15, -0.1) is 0 Å². The number of thioether (sulfide) groups is 1. The quantitative estimate of drug-likeness (QED) is 0.287. The Kier molecular flexibility index (Phi) is 9.04. The first kappa shape index (κ1) is 34.3. The minimum absolute atomic E-state index is 0.562. The lowest BCUT2D eigenvalue weighted by Crippen LogP contribution is -2.59. The second-order valence-corrected chi connectivity index (χ2v) is 23.8. The molecule has 10 aliphatic carbocycles. The van der Waals surface area contributed by atoms with E-state index >= 15 is 0 Å². The molecule has 0 radical (unpaired) electrons. The Morgan fingerprint density at radius 3 is 1.65 bits per heavy atom. The van der Waals surface area contributed by atoms with Crippen molar-refractivity contribution in [1.82, 2.24) is 4.90 Å². The first-order valence-electron chi connectivity index (χ1n) is 24.9. The maximum Gasteiger partial charge on any atom is 0.0766 e. The highest BCUT2D eigenvalue weighted by Crippen LogP contribution is 2.78. The summed E-state index contributed by atoms with van der Waals surface area (Å²) < 4.78 is 7.85. The predicted molar refractivity (Wildman–Crippen MR) is 215 cm³/mol. The van der Waals surface area contributed by atoms with E-state index in [9.17, 15) is 0 Å². The molecule has 10 saturated carbocycles. The van der Waals surface area contributed by atoms with E-state index in [0.717, 1.165) is 105 Å². The van der Waals surface area contributed by atoms with Crippen molar-refractivity contribution in [3.63, 3.8) is 0 Å². The number of rotatable bonds is 3. The van der Waals surface area contributed by atoms with Crippen LogP contribution in [0.1, 0.15) is 186 Å². The van der Waals surface area contributed by atoms with Crippen molar-refractivity contribution in [3.8, 4) is 0 Å². The fourth-order valence-electron chi connectivity index (χ4n) is 20.1. The Hall–Kier alpha value is 0.270. The number of fused-ring (bicyclic) bond motifs is 17. The fraction of sp³-hybridized carbons (Fsp3) is 1.00. The lowest BCUT2D eigenvalue weighted by molar-refractivity contribution is -0.107. The Morgan fingerprint density at radius 1 is 0.385 bits per heavy atom. The molecule has 2 heterocycles. The molecule has 1 spiro atoms. The standard InChI is InChI=1S/C49H77NOS/c1-2-13-30(14-3-1)50(43-23-12-19-36-37-27-28-45-46(48(37)51-47(36)43)38-18-7-11-24-44(38)52-45)31-25-26-35-34-17-6-10-22-41(34)49(42(35)29-31)39-20-8-4-15-32(39)33-16-5-9-21-40(33)49/h30-48H,1-29H2. The van der Waals surface area contributed by atoms with E-state index in [1.165, 1.54) is 89.9 Å². The highest BCUT2D eigenvalue weighted by molar-refractivity contribution is 8.00. The molecule has 52 heavy (non-hydrogen) atoms. The van der Waals surface area contributed by atoms with Gasteiger partial charge in [-0.1, -0.05) is 77.0 Å². The van der Waals surface area contributed by atoms with E-state index in [4.69, 9.17) is 4.74 Å². The molecule has 12 aliphatic rings. The predicted octanol–water partition coefficient (Wildman–Crippen LogP) is 12.5. The maximum absolute atomic E-state index is 7.85. The van der Waals surface area contributed by atoms with Crippen LogP contribution in [0.5, 0.6) is 0 Å². The van der Waals surface area contributed by atoms with E-state index in [1.54, 1.807) is 96.3 Å². The summed E-state index contributed by atoms with van der Waals surface area (Å²) in [7, 11) is 0. The Labute approximate surface area is 323 Å². The van der Waals surface area contributed by atoms with E-state index in [0.29, 0.717) is 12.2 Å². The average molecular weight is 728 g/mol. The van der Waals surface area contributed by atoms with Crippen LogP contribution in [-0.2, 0) is 4.74 Å². The van der Waals surface area contributed by atoms with Crippen molar-refractivity contribution in [3.05, 3.63) is 0 Å². The summed E-state index contributed by atoms with van der Waals surface area (Å²) in [5.74, 6) is 12.5. The molecule has 18 unspecified atom stereocenters. The third-order valence-corrected chi connectivity index (χ3v) is 23.0. The molecule has 0 aromatic carbocycles. The summed E-state index contributed by atoms with van der Waals surface area (Å²) in [5, 5.41) is 1.90. The first-order chi connectivity index (χ1) is 25.8. The van der Waals surface area contributed by atoms with Gasteiger partial charge in [0.25, 0.3) is 0 Å². The zero-order valence-corrected chi connectivity index (χ0v) is 34.1. The molecule has 290 valence electrons. The van der Waals surface area contributed by atoms with Crippen LogP contribution in [0.4, 0.5) is 0 Å². The average Bonchev–Trinajstić information content (AvgIpc) is 3.94. The van der Waals surface area contributed by atoms with Crippen LogP contribution in [0, 0.1) is 76.4 Å². The summed E-state index contributed by atoms with van der Waals surface area (Å²) in [6.07, 6.45) is 46.1. The molecule has 3 heteroatoms. The minimum Gasteiger partial charge on any atom is -0.372 e. The maximum atomic E-state index is 7.85. The van der Waals surface area contributed by atoms with Gasteiger partial charge >= 0.3 is 0 Å². The molecule has 0 N–H and O–H groups in total. The number of hydrogen-bond donors (Lipinski definition) is 0. The topological polar surface area (TPSA) is 12.5 Å². The second-order valence-electron chi connectivity index (χ2n) is 22.3. The van der Waals surface area contributed by atoms with Crippen molar-refractivity contribution >= 4 is 11.8 Å².